The van der Waals surface area contributed by atoms with Crippen LogP contribution in [0.3, 0.4) is 0 Å². The van der Waals surface area contributed by atoms with Gasteiger partial charge in [-0.05, 0) is 73.6 Å². The van der Waals surface area contributed by atoms with Crippen LogP contribution >= 0.6 is 0 Å². The number of pyridine rings is 1. The van der Waals surface area contributed by atoms with Crippen LogP contribution in [0.4, 0.5) is 4.79 Å². The first-order valence-electron chi connectivity index (χ1n) is 17.2. The molecular formula is C36H43N3O10S. The molecule has 2 aromatic carbocycles. The lowest BCUT2D eigenvalue weighted by Crippen LogP contribution is -2.51. The fraction of sp³-hybridized carbons (Fsp3) is 0.500. The average Bonchev–Trinajstić information content (AvgIpc) is 3.95. The maximum atomic E-state index is 14.2. The van der Waals surface area contributed by atoms with Gasteiger partial charge in [0.25, 0.3) is 0 Å². The third-order valence-corrected chi connectivity index (χ3v) is 11.6. The van der Waals surface area contributed by atoms with Gasteiger partial charge in [-0.3, -0.25) is 4.98 Å². The second-order valence-electron chi connectivity index (χ2n) is 13.2. The highest BCUT2D eigenvalue weighted by Crippen LogP contribution is 2.36. The van der Waals surface area contributed by atoms with Gasteiger partial charge in [-0.15, -0.1) is 0 Å². The molecule has 1 saturated carbocycles. The number of fused-ring (bicyclic) bond motifs is 2. The van der Waals surface area contributed by atoms with Gasteiger partial charge in [0.15, 0.2) is 17.8 Å². The van der Waals surface area contributed by atoms with Crippen LogP contribution in [0.15, 0.2) is 71.8 Å². The molecule has 1 aromatic heterocycles. The van der Waals surface area contributed by atoms with E-state index < -0.39 is 40.7 Å². The van der Waals surface area contributed by atoms with Crippen molar-refractivity contribution in [2.24, 2.45) is 11.8 Å². The summed E-state index contributed by atoms with van der Waals surface area (Å²) < 4.78 is 63.4. The molecule has 2 saturated heterocycles. The quantitative estimate of drug-likeness (QED) is 0.249. The number of ether oxygens (including phenoxy) is 6. The molecule has 5 atom stereocenters. The van der Waals surface area contributed by atoms with Crippen LogP contribution in [-0.4, -0.2) is 86.5 Å². The van der Waals surface area contributed by atoms with E-state index in [2.05, 4.69) is 10.3 Å². The third-order valence-electron chi connectivity index (χ3n) is 9.81. The SMILES string of the molecule is O=C(N[C@@H](Cc1ccc(OCc2ccccn2)cc1)[C@H](O)CN(CC1CCCC1)S(=O)(=O)c1ccc2c(c1)OCO2)OC1COC2OCCC12. The first kappa shape index (κ1) is 34.5. The lowest BCUT2D eigenvalue weighted by Gasteiger charge is -2.31. The average molecular weight is 710 g/mol. The van der Waals surface area contributed by atoms with Crippen molar-refractivity contribution < 1.29 is 46.7 Å². The maximum Gasteiger partial charge on any atom is 0.407 e. The number of benzene rings is 2. The van der Waals surface area contributed by atoms with E-state index in [9.17, 15) is 18.3 Å². The fourth-order valence-electron chi connectivity index (χ4n) is 7.04. The normalized spacial score (nSPS) is 22.7. The van der Waals surface area contributed by atoms with Gasteiger partial charge >= 0.3 is 6.09 Å². The standard InChI is InChI=1S/C36H43N3O10S/c40-31(20-39(19-25-5-1-2-6-25)50(42,43)28-12-13-32-33(18-28)48-23-47-32)30(38-36(41)49-34-22-46-35-29(34)14-16-44-35)17-24-8-10-27(11-9-24)45-21-26-7-3-4-15-37-26/h3-4,7-13,15,18,25,29-31,34-35,40H,1-2,5-6,14,16-17,19-23H2,(H,38,41)/t29?,30-,31+,34?,35?/m0/s1. The van der Waals surface area contributed by atoms with Gasteiger partial charge < -0.3 is 38.8 Å². The lowest BCUT2D eigenvalue weighted by molar-refractivity contribution is -0.0907. The van der Waals surface area contributed by atoms with E-state index >= 15 is 0 Å². The van der Waals surface area contributed by atoms with Gasteiger partial charge in [0.1, 0.15) is 18.5 Å². The Morgan fingerprint density at radius 3 is 2.64 bits per heavy atom. The van der Waals surface area contributed by atoms with E-state index in [1.807, 2.05) is 42.5 Å². The number of carbonyl (C=O) groups is 1. The lowest BCUT2D eigenvalue weighted by atomic mass is 10.0. The molecule has 3 aliphatic heterocycles. The Morgan fingerprint density at radius 1 is 1.02 bits per heavy atom. The summed E-state index contributed by atoms with van der Waals surface area (Å²) in [4.78, 5) is 17.7. The molecule has 4 heterocycles. The molecular weight excluding hydrogens is 666 g/mol. The first-order valence-corrected chi connectivity index (χ1v) is 18.7. The Morgan fingerprint density at radius 2 is 1.84 bits per heavy atom. The Bertz CT molecular complexity index is 1700. The third kappa shape index (κ3) is 8.16. The Kier molecular flexibility index (Phi) is 10.7. The number of aliphatic hydroxyl groups is 1. The highest BCUT2D eigenvalue weighted by molar-refractivity contribution is 7.89. The van der Waals surface area contributed by atoms with Gasteiger partial charge in [0.05, 0.1) is 41.9 Å². The fourth-order valence-corrected chi connectivity index (χ4v) is 8.59. The number of carbonyl (C=O) groups excluding carboxylic acids is 1. The van der Waals surface area contributed by atoms with Crippen LogP contribution in [-0.2, 0) is 37.3 Å². The van der Waals surface area contributed by atoms with Crippen molar-refractivity contribution in [2.75, 3.05) is 33.1 Å². The number of nitrogens with zero attached hydrogens (tertiary/aromatic N) is 2. The molecule has 13 nitrogen and oxygen atoms in total. The van der Waals surface area contributed by atoms with Gasteiger partial charge in [0.2, 0.25) is 16.8 Å². The number of hydrogen-bond donors (Lipinski definition) is 2. The second-order valence-corrected chi connectivity index (χ2v) is 15.2. The smallest absolute Gasteiger partial charge is 0.407 e. The summed E-state index contributed by atoms with van der Waals surface area (Å²) in [6, 6.07) is 16.6. The number of sulfonamides is 1. The van der Waals surface area contributed by atoms with Crippen molar-refractivity contribution >= 4 is 16.1 Å². The largest absolute Gasteiger partial charge is 0.487 e. The van der Waals surface area contributed by atoms with Gasteiger partial charge in [-0.1, -0.05) is 31.0 Å². The number of hydrogen-bond acceptors (Lipinski definition) is 11. The van der Waals surface area contributed by atoms with Crippen LogP contribution in [0.2, 0.25) is 0 Å². The minimum absolute atomic E-state index is 0.0194. The second kappa shape index (κ2) is 15.5. The number of aliphatic hydroxyl groups excluding tert-OH is 1. The molecule has 3 unspecified atom stereocenters. The summed E-state index contributed by atoms with van der Waals surface area (Å²) in [5, 5.41) is 14.7. The summed E-state index contributed by atoms with van der Waals surface area (Å²) in [5.41, 5.74) is 1.59. The van der Waals surface area contributed by atoms with Crippen LogP contribution in [0, 0.1) is 11.8 Å². The Labute approximate surface area is 291 Å². The van der Waals surface area contributed by atoms with Crippen LogP contribution in [0.1, 0.15) is 43.4 Å². The zero-order chi connectivity index (χ0) is 34.5. The molecule has 14 heteroatoms. The molecule has 4 aliphatic rings. The minimum atomic E-state index is -4.06. The topological polar surface area (TPSA) is 155 Å². The van der Waals surface area contributed by atoms with Gasteiger partial charge in [-0.2, -0.15) is 4.31 Å². The summed E-state index contributed by atoms with van der Waals surface area (Å²) in [5.74, 6) is 1.57. The number of aromatic nitrogens is 1. The number of nitrogens with one attached hydrogen (secondary N) is 1. The zero-order valence-corrected chi connectivity index (χ0v) is 28.5. The zero-order valence-electron chi connectivity index (χ0n) is 27.7. The number of rotatable bonds is 14. The van der Waals surface area contributed by atoms with E-state index in [1.165, 1.54) is 16.4 Å². The van der Waals surface area contributed by atoms with Crippen molar-refractivity contribution in [3.05, 3.63) is 78.1 Å². The van der Waals surface area contributed by atoms with Crippen molar-refractivity contribution in [3.8, 4) is 17.2 Å². The van der Waals surface area contributed by atoms with Crippen LogP contribution in [0.25, 0.3) is 0 Å². The van der Waals surface area contributed by atoms with Crippen LogP contribution < -0.4 is 19.5 Å². The molecule has 2 N–H and O–H groups in total. The molecule has 1 amide bonds. The highest BCUT2D eigenvalue weighted by atomic mass is 32.2. The molecule has 0 bridgehead atoms. The van der Waals surface area contributed by atoms with E-state index in [4.69, 9.17) is 28.4 Å². The Balaban J connectivity index is 1.09. The Hall–Kier alpha value is -3.95. The minimum Gasteiger partial charge on any atom is -0.487 e. The summed E-state index contributed by atoms with van der Waals surface area (Å²) in [7, 11) is -4.06. The number of amides is 1. The van der Waals surface area contributed by atoms with Crippen molar-refractivity contribution in [2.45, 2.75) is 74.6 Å². The molecule has 1 aliphatic carbocycles. The van der Waals surface area contributed by atoms with E-state index in [0.29, 0.717) is 30.5 Å². The van der Waals surface area contributed by atoms with E-state index in [-0.39, 0.29) is 49.6 Å². The highest BCUT2D eigenvalue weighted by Gasteiger charge is 2.44. The van der Waals surface area contributed by atoms with Crippen molar-refractivity contribution in [1.82, 2.24) is 14.6 Å². The molecule has 3 fully saturated rings. The predicted octanol–water partition coefficient (Wildman–Crippen LogP) is 4.03. The summed E-state index contributed by atoms with van der Waals surface area (Å²) in [6.07, 6.45) is 3.62. The summed E-state index contributed by atoms with van der Waals surface area (Å²) >= 11 is 0. The predicted molar refractivity (Wildman–Crippen MR) is 179 cm³/mol. The molecule has 3 aromatic rings. The summed E-state index contributed by atoms with van der Waals surface area (Å²) in [6.45, 7) is 1.09. The monoisotopic (exact) mass is 709 g/mol. The van der Waals surface area contributed by atoms with Crippen LogP contribution in [0.5, 0.6) is 17.2 Å². The van der Waals surface area contributed by atoms with Gasteiger partial charge in [-0.25, -0.2) is 13.2 Å². The van der Waals surface area contributed by atoms with E-state index in [1.54, 1.807) is 12.3 Å². The van der Waals surface area contributed by atoms with Gasteiger partial charge in [0, 0.05) is 25.4 Å². The molecule has 7 rings (SSSR count). The van der Waals surface area contributed by atoms with Crippen molar-refractivity contribution in [3.63, 3.8) is 0 Å². The number of alkyl carbamates (subject to hydrolysis) is 1. The molecule has 50 heavy (non-hydrogen) atoms. The van der Waals surface area contributed by atoms with Crippen molar-refractivity contribution in [1.29, 1.82) is 0 Å². The molecule has 0 radical (unpaired) electrons. The molecule has 268 valence electrons. The van der Waals surface area contributed by atoms with E-state index in [0.717, 1.165) is 43.4 Å². The first-order chi connectivity index (χ1) is 24.3. The maximum absolute atomic E-state index is 14.2. The molecule has 0 spiro atoms.